The average molecular weight is 312 g/mol. The first-order valence-corrected chi connectivity index (χ1v) is 7.96. The molecule has 0 saturated heterocycles. The van der Waals surface area contributed by atoms with Crippen LogP contribution in [0.5, 0.6) is 0 Å². The summed E-state index contributed by atoms with van der Waals surface area (Å²) in [5.41, 5.74) is 2.38. The lowest BCUT2D eigenvalue weighted by molar-refractivity contribution is -0.131. The summed E-state index contributed by atoms with van der Waals surface area (Å²) < 4.78 is 0. The maximum Gasteiger partial charge on any atom is 0.328 e. The predicted octanol–water partition coefficient (Wildman–Crippen LogP) is 5.23. The van der Waals surface area contributed by atoms with E-state index in [1.165, 1.54) is 10.5 Å². The number of carboxylic acids is 1. The third-order valence-corrected chi connectivity index (χ3v) is 4.27. The molecule has 0 spiro atoms. The van der Waals surface area contributed by atoms with Crippen LogP contribution in [0.4, 0.5) is 0 Å². The average Bonchev–Trinajstić information content (AvgIpc) is 2.46. The molecule has 3 heteroatoms. The van der Waals surface area contributed by atoms with E-state index < -0.39 is 5.97 Å². The topological polar surface area (TPSA) is 37.3 Å². The van der Waals surface area contributed by atoms with Crippen molar-refractivity contribution in [2.75, 3.05) is 0 Å². The first-order valence-electron chi connectivity index (χ1n) is 7.14. The van der Waals surface area contributed by atoms with Gasteiger partial charge in [-0.2, -0.15) is 0 Å². The van der Waals surface area contributed by atoms with E-state index in [2.05, 4.69) is 45.0 Å². The molecular weight excluding hydrogens is 292 g/mol. The Kier molecular flexibility index (Phi) is 5.09. The van der Waals surface area contributed by atoms with E-state index in [9.17, 15) is 4.79 Å². The van der Waals surface area contributed by atoms with Gasteiger partial charge in [0, 0.05) is 15.9 Å². The highest BCUT2D eigenvalue weighted by atomic mass is 32.2. The molecule has 0 heterocycles. The Bertz CT molecular complexity index is 662. The molecule has 0 amide bonds. The van der Waals surface area contributed by atoms with E-state index >= 15 is 0 Å². The molecule has 0 aliphatic rings. The smallest absolute Gasteiger partial charge is 0.328 e. The lowest BCUT2D eigenvalue weighted by atomic mass is 9.87. The Labute approximate surface area is 135 Å². The molecule has 0 fully saturated rings. The van der Waals surface area contributed by atoms with Gasteiger partial charge in [-0.1, -0.05) is 56.8 Å². The Morgan fingerprint density at radius 2 is 1.45 bits per heavy atom. The van der Waals surface area contributed by atoms with Gasteiger partial charge < -0.3 is 5.11 Å². The molecule has 2 aromatic carbocycles. The first kappa shape index (κ1) is 16.4. The highest BCUT2D eigenvalue weighted by molar-refractivity contribution is 7.99. The number of carboxylic acid groups (broad SMARTS) is 1. The van der Waals surface area contributed by atoms with Crippen LogP contribution in [0.3, 0.4) is 0 Å². The summed E-state index contributed by atoms with van der Waals surface area (Å²) >= 11 is 1.70. The molecule has 0 aliphatic carbocycles. The lowest BCUT2D eigenvalue weighted by Gasteiger charge is -2.19. The van der Waals surface area contributed by atoms with Gasteiger partial charge in [0.2, 0.25) is 0 Å². The van der Waals surface area contributed by atoms with Gasteiger partial charge in [-0.15, -0.1) is 0 Å². The minimum atomic E-state index is -0.933. The standard InChI is InChI=1S/C19H20O2S/c1-19(2,3)15-7-11-17(12-8-15)22-16-9-4-14(5-10-16)6-13-18(20)21/h4-13H,1-3H3,(H,20,21). The number of carbonyl (C=O) groups is 1. The molecule has 0 aromatic heterocycles. The molecule has 0 aliphatic heterocycles. The van der Waals surface area contributed by atoms with Crippen molar-refractivity contribution in [1.82, 2.24) is 0 Å². The van der Waals surface area contributed by atoms with Crippen molar-refractivity contribution >= 4 is 23.8 Å². The summed E-state index contributed by atoms with van der Waals surface area (Å²) in [4.78, 5) is 12.8. The lowest BCUT2D eigenvalue weighted by Crippen LogP contribution is -2.10. The fraction of sp³-hybridized carbons (Fsp3) is 0.211. The third kappa shape index (κ3) is 4.78. The highest BCUT2D eigenvalue weighted by Crippen LogP contribution is 2.30. The molecule has 2 nitrogen and oxygen atoms in total. The number of benzene rings is 2. The minimum Gasteiger partial charge on any atom is -0.478 e. The predicted molar refractivity (Wildman–Crippen MR) is 92.4 cm³/mol. The number of aliphatic carboxylic acids is 1. The van der Waals surface area contributed by atoms with Gasteiger partial charge in [0.15, 0.2) is 0 Å². The van der Waals surface area contributed by atoms with E-state index in [4.69, 9.17) is 5.11 Å². The van der Waals surface area contributed by atoms with Gasteiger partial charge in [0.25, 0.3) is 0 Å². The molecule has 2 aromatic rings. The molecule has 2 rings (SSSR count). The summed E-state index contributed by atoms with van der Waals surface area (Å²) in [6.07, 6.45) is 2.74. The van der Waals surface area contributed by atoms with Crippen LogP contribution >= 0.6 is 11.8 Å². The molecule has 1 N–H and O–H groups in total. The van der Waals surface area contributed by atoms with Crippen molar-refractivity contribution in [3.05, 3.63) is 65.7 Å². The van der Waals surface area contributed by atoms with Gasteiger partial charge >= 0.3 is 5.97 Å². The summed E-state index contributed by atoms with van der Waals surface area (Å²) in [5, 5.41) is 8.61. The van der Waals surface area contributed by atoms with Crippen molar-refractivity contribution in [3.8, 4) is 0 Å². The SMILES string of the molecule is CC(C)(C)c1ccc(Sc2ccc(C=CC(=O)O)cc2)cc1. The monoisotopic (exact) mass is 312 g/mol. The van der Waals surface area contributed by atoms with Gasteiger partial charge in [-0.25, -0.2) is 4.79 Å². The van der Waals surface area contributed by atoms with E-state index in [0.717, 1.165) is 16.5 Å². The Balaban J connectivity index is 2.06. The van der Waals surface area contributed by atoms with E-state index in [0.29, 0.717) is 0 Å². The van der Waals surface area contributed by atoms with Gasteiger partial charge in [-0.05, 0) is 46.9 Å². The van der Waals surface area contributed by atoms with E-state index in [-0.39, 0.29) is 5.41 Å². The van der Waals surface area contributed by atoms with Gasteiger partial charge in [0.05, 0.1) is 0 Å². The van der Waals surface area contributed by atoms with Crippen LogP contribution in [0.2, 0.25) is 0 Å². The molecule has 0 radical (unpaired) electrons. The zero-order valence-corrected chi connectivity index (χ0v) is 13.9. The fourth-order valence-electron chi connectivity index (χ4n) is 1.97. The number of hydrogen-bond donors (Lipinski definition) is 1. The number of hydrogen-bond acceptors (Lipinski definition) is 2. The molecule has 114 valence electrons. The number of rotatable bonds is 4. The first-order chi connectivity index (χ1) is 10.3. The van der Waals surface area contributed by atoms with Crippen molar-refractivity contribution < 1.29 is 9.90 Å². The normalized spacial score (nSPS) is 11.8. The van der Waals surface area contributed by atoms with E-state index in [1.807, 2.05) is 24.3 Å². The van der Waals surface area contributed by atoms with Gasteiger partial charge in [-0.3, -0.25) is 0 Å². The van der Waals surface area contributed by atoms with Crippen LogP contribution in [-0.4, -0.2) is 11.1 Å². The molecular formula is C19H20O2S. The molecule has 0 saturated carbocycles. The fourth-order valence-corrected chi connectivity index (χ4v) is 2.79. The molecule has 0 unspecified atom stereocenters. The quantitative estimate of drug-likeness (QED) is 0.785. The zero-order valence-electron chi connectivity index (χ0n) is 13.0. The summed E-state index contributed by atoms with van der Waals surface area (Å²) in [6.45, 7) is 6.62. The minimum absolute atomic E-state index is 0.168. The van der Waals surface area contributed by atoms with Crippen molar-refractivity contribution in [1.29, 1.82) is 0 Å². The second kappa shape index (κ2) is 6.84. The summed E-state index contributed by atoms with van der Waals surface area (Å²) in [6, 6.07) is 16.5. The van der Waals surface area contributed by atoms with E-state index in [1.54, 1.807) is 17.8 Å². The maximum atomic E-state index is 10.5. The highest BCUT2D eigenvalue weighted by Gasteiger charge is 2.12. The third-order valence-electron chi connectivity index (χ3n) is 3.25. The van der Waals surface area contributed by atoms with Gasteiger partial charge in [0.1, 0.15) is 0 Å². The second-order valence-corrected chi connectivity index (χ2v) is 7.26. The van der Waals surface area contributed by atoms with Crippen molar-refractivity contribution in [3.63, 3.8) is 0 Å². The van der Waals surface area contributed by atoms with Crippen LogP contribution in [0.1, 0.15) is 31.9 Å². The largest absolute Gasteiger partial charge is 0.478 e. The molecule has 22 heavy (non-hydrogen) atoms. The van der Waals surface area contributed by atoms with Crippen LogP contribution in [0.25, 0.3) is 6.08 Å². The van der Waals surface area contributed by atoms with Crippen LogP contribution in [0, 0.1) is 0 Å². The van der Waals surface area contributed by atoms with Crippen LogP contribution < -0.4 is 0 Å². The van der Waals surface area contributed by atoms with Crippen LogP contribution in [-0.2, 0) is 10.2 Å². The Hall–Kier alpha value is -2.00. The Morgan fingerprint density at radius 3 is 1.91 bits per heavy atom. The summed E-state index contributed by atoms with van der Waals surface area (Å²) in [5.74, 6) is -0.933. The summed E-state index contributed by atoms with van der Waals surface area (Å²) in [7, 11) is 0. The zero-order chi connectivity index (χ0) is 16.2. The molecule has 0 bridgehead atoms. The second-order valence-electron chi connectivity index (χ2n) is 6.12. The van der Waals surface area contributed by atoms with Crippen molar-refractivity contribution in [2.45, 2.75) is 36.0 Å². The molecule has 0 atom stereocenters. The van der Waals surface area contributed by atoms with Crippen LogP contribution in [0.15, 0.2) is 64.4 Å². The van der Waals surface area contributed by atoms with Crippen molar-refractivity contribution in [2.24, 2.45) is 0 Å². The maximum absolute atomic E-state index is 10.5. The Morgan fingerprint density at radius 1 is 0.955 bits per heavy atom.